The fourth-order valence-electron chi connectivity index (χ4n) is 2.20. The SMILES string of the molecule is COc1ccc(-c2cc(-n3ncc(C#N)c3N)nc(C)n2)cc1. The lowest BCUT2D eigenvalue weighted by molar-refractivity contribution is 0.415. The molecule has 0 aliphatic rings. The number of anilines is 1. The third-order valence-corrected chi connectivity index (χ3v) is 3.35. The second-order valence-electron chi connectivity index (χ2n) is 4.85. The van der Waals surface area contributed by atoms with Crippen LogP contribution >= 0.6 is 0 Å². The maximum Gasteiger partial charge on any atom is 0.160 e. The van der Waals surface area contributed by atoms with Crippen LogP contribution in [-0.4, -0.2) is 26.9 Å². The molecule has 2 N–H and O–H groups in total. The average Bonchev–Trinajstić information content (AvgIpc) is 2.95. The van der Waals surface area contributed by atoms with Gasteiger partial charge in [-0.1, -0.05) is 0 Å². The number of nitrogens with zero attached hydrogens (tertiary/aromatic N) is 5. The first kappa shape index (κ1) is 14.5. The van der Waals surface area contributed by atoms with Gasteiger partial charge in [-0.25, -0.2) is 9.97 Å². The van der Waals surface area contributed by atoms with Crippen LogP contribution in [0.1, 0.15) is 11.4 Å². The molecule has 0 saturated heterocycles. The molecule has 0 fully saturated rings. The van der Waals surface area contributed by atoms with Crippen molar-refractivity contribution in [1.29, 1.82) is 5.26 Å². The number of nitriles is 1. The Morgan fingerprint density at radius 3 is 2.57 bits per heavy atom. The zero-order valence-electron chi connectivity index (χ0n) is 12.7. The summed E-state index contributed by atoms with van der Waals surface area (Å²) in [6.07, 6.45) is 1.42. The Hall–Kier alpha value is -3.40. The van der Waals surface area contributed by atoms with Crippen molar-refractivity contribution in [3.63, 3.8) is 0 Å². The summed E-state index contributed by atoms with van der Waals surface area (Å²) in [5.41, 5.74) is 7.90. The maximum atomic E-state index is 8.99. The summed E-state index contributed by atoms with van der Waals surface area (Å²) in [6, 6.07) is 11.3. The van der Waals surface area contributed by atoms with Crippen LogP contribution in [0.4, 0.5) is 5.82 Å². The van der Waals surface area contributed by atoms with Crippen LogP contribution in [0.3, 0.4) is 0 Å². The maximum absolute atomic E-state index is 8.99. The van der Waals surface area contributed by atoms with Crippen LogP contribution < -0.4 is 10.5 Å². The molecule has 3 aromatic rings. The Bertz CT molecular complexity index is 892. The first-order valence-electron chi connectivity index (χ1n) is 6.86. The summed E-state index contributed by atoms with van der Waals surface area (Å²) in [4.78, 5) is 8.79. The lowest BCUT2D eigenvalue weighted by Crippen LogP contribution is -2.07. The van der Waals surface area contributed by atoms with Crippen molar-refractivity contribution in [2.45, 2.75) is 6.92 Å². The third kappa shape index (κ3) is 2.70. The highest BCUT2D eigenvalue weighted by atomic mass is 16.5. The molecule has 0 atom stereocenters. The van der Waals surface area contributed by atoms with Gasteiger partial charge in [-0.15, -0.1) is 0 Å². The number of benzene rings is 1. The van der Waals surface area contributed by atoms with E-state index in [0.29, 0.717) is 17.2 Å². The molecule has 0 aliphatic heterocycles. The molecule has 0 spiro atoms. The van der Waals surface area contributed by atoms with Crippen LogP contribution in [0.2, 0.25) is 0 Å². The van der Waals surface area contributed by atoms with E-state index in [2.05, 4.69) is 15.1 Å². The predicted octanol–water partition coefficient (Wildman–Crippen LogP) is 2.10. The summed E-state index contributed by atoms with van der Waals surface area (Å²) in [6.45, 7) is 1.79. The van der Waals surface area contributed by atoms with Gasteiger partial charge in [-0.3, -0.25) is 0 Å². The summed E-state index contributed by atoms with van der Waals surface area (Å²) in [7, 11) is 1.62. The van der Waals surface area contributed by atoms with Crippen molar-refractivity contribution < 1.29 is 4.74 Å². The highest BCUT2D eigenvalue weighted by Gasteiger charge is 2.12. The minimum atomic E-state index is 0.256. The van der Waals surface area contributed by atoms with Gasteiger partial charge < -0.3 is 10.5 Å². The van der Waals surface area contributed by atoms with Gasteiger partial charge in [0.15, 0.2) is 5.82 Å². The van der Waals surface area contributed by atoms with E-state index in [1.807, 2.05) is 30.3 Å². The van der Waals surface area contributed by atoms with Crippen molar-refractivity contribution in [3.05, 3.63) is 47.9 Å². The Kier molecular flexibility index (Phi) is 3.65. The largest absolute Gasteiger partial charge is 0.497 e. The second kappa shape index (κ2) is 5.77. The van der Waals surface area contributed by atoms with Crippen LogP contribution in [-0.2, 0) is 0 Å². The van der Waals surface area contributed by atoms with Crippen molar-refractivity contribution in [3.8, 4) is 28.9 Å². The number of aromatic nitrogens is 4. The van der Waals surface area contributed by atoms with Gasteiger partial charge >= 0.3 is 0 Å². The van der Waals surface area contributed by atoms with Crippen molar-refractivity contribution in [2.75, 3.05) is 12.8 Å². The molecule has 114 valence electrons. The van der Waals surface area contributed by atoms with E-state index in [0.717, 1.165) is 17.0 Å². The Balaban J connectivity index is 2.08. The lowest BCUT2D eigenvalue weighted by Gasteiger charge is -2.08. The molecule has 0 aliphatic carbocycles. The first-order chi connectivity index (χ1) is 11.1. The van der Waals surface area contributed by atoms with Crippen LogP contribution in [0.25, 0.3) is 17.1 Å². The molecule has 0 unspecified atom stereocenters. The quantitative estimate of drug-likeness (QED) is 0.795. The van der Waals surface area contributed by atoms with Crippen LogP contribution in [0.15, 0.2) is 36.5 Å². The number of hydrogen-bond donors (Lipinski definition) is 1. The molecule has 2 heterocycles. The van der Waals surface area contributed by atoms with Gasteiger partial charge in [0.05, 0.1) is 19.0 Å². The van der Waals surface area contributed by atoms with Crippen molar-refractivity contribution in [1.82, 2.24) is 19.7 Å². The lowest BCUT2D eigenvalue weighted by atomic mass is 10.1. The second-order valence-corrected chi connectivity index (χ2v) is 4.85. The smallest absolute Gasteiger partial charge is 0.160 e. The molecular formula is C16H14N6O. The zero-order chi connectivity index (χ0) is 16.4. The zero-order valence-corrected chi connectivity index (χ0v) is 12.7. The van der Waals surface area contributed by atoms with E-state index in [4.69, 9.17) is 15.7 Å². The molecule has 1 aromatic carbocycles. The molecule has 0 saturated carbocycles. The monoisotopic (exact) mass is 306 g/mol. The van der Waals surface area contributed by atoms with E-state index >= 15 is 0 Å². The summed E-state index contributed by atoms with van der Waals surface area (Å²) < 4.78 is 6.59. The van der Waals surface area contributed by atoms with Crippen LogP contribution in [0.5, 0.6) is 5.75 Å². The standard InChI is InChI=1S/C16H14N6O/c1-10-20-14(11-3-5-13(23-2)6-4-11)7-15(21-10)22-16(18)12(8-17)9-19-22/h3-7,9H,18H2,1-2H3. The van der Waals surface area contributed by atoms with E-state index in [-0.39, 0.29) is 5.82 Å². The molecular weight excluding hydrogens is 292 g/mol. The van der Waals surface area contributed by atoms with E-state index in [1.54, 1.807) is 20.1 Å². The molecule has 3 rings (SSSR count). The average molecular weight is 306 g/mol. The highest BCUT2D eigenvalue weighted by Crippen LogP contribution is 2.23. The van der Waals surface area contributed by atoms with E-state index < -0.39 is 0 Å². The summed E-state index contributed by atoms with van der Waals surface area (Å²) in [5, 5.41) is 13.1. The first-order valence-corrected chi connectivity index (χ1v) is 6.86. The van der Waals surface area contributed by atoms with E-state index in [1.165, 1.54) is 10.9 Å². The third-order valence-electron chi connectivity index (χ3n) is 3.35. The van der Waals surface area contributed by atoms with Gasteiger partial charge in [0, 0.05) is 11.6 Å². The van der Waals surface area contributed by atoms with E-state index in [9.17, 15) is 0 Å². The Labute approximate surface area is 133 Å². The minimum Gasteiger partial charge on any atom is -0.497 e. The molecule has 0 amide bonds. The van der Waals surface area contributed by atoms with Gasteiger partial charge in [0.1, 0.15) is 29.0 Å². The highest BCUT2D eigenvalue weighted by molar-refractivity contribution is 5.62. The molecule has 0 radical (unpaired) electrons. The van der Waals surface area contributed by atoms with Gasteiger partial charge in [-0.05, 0) is 31.2 Å². The number of nitrogens with two attached hydrogens (primary N) is 1. The van der Waals surface area contributed by atoms with Gasteiger partial charge in [0.25, 0.3) is 0 Å². The Morgan fingerprint density at radius 1 is 1.22 bits per heavy atom. The predicted molar refractivity (Wildman–Crippen MR) is 85.0 cm³/mol. The molecule has 2 aromatic heterocycles. The van der Waals surface area contributed by atoms with Gasteiger partial charge in [0.2, 0.25) is 0 Å². The van der Waals surface area contributed by atoms with Gasteiger partial charge in [-0.2, -0.15) is 15.0 Å². The fraction of sp³-hybridized carbons (Fsp3) is 0.125. The molecule has 7 nitrogen and oxygen atoms in total. The normalized spacial score (nSPS) is 10.3. The molecule has 23 heavy (non-hydrogen) atoms. The number of rotatable bonds is 3. The number of nitrogen functional groups attached to an aromatic ring is 1. The summed E-state index contributed by atoms with van der Waals surface area (Å²) >= 11 is 0. The summed E-state index contributed by atoms with van der Waals surface area (Å²) in [5.74, 6) is 2.13. The number of aryl methyl sites for hydroxylation is 1. The number of ether oxygens (including phenoxy) is 1. The van der Waals surface area contributed by atoms with Crippen molar-refractivity contribution in [2.24, 2.45) is 0 Å². The number of hydrogen-bond acceptors (Lipinski definition) is 6. The fourth-order valence-corrected chi connectivity index (χ4v) is 2.20. The minimum absolute atomic E-state index is 0.256. The molecule has 0 bridgehead atoms. The number of methoxy groups -OCH3 is 1. The topological polar surface area (TPSA) is 103 Å². The Morgan fingerprint density at radius 2 is 1.96 bits per heavy atom. The molecule has 7 heteroatoms. The van der Waals surface area contributed by atoms with Crippen LogP contribution in [0, 0.1) is 18.3 Å². The van der Waals surface area contributed by atoms with Crippen molar-refractivity contribution >= 4 is 5.82 Å².